The fourth-order valence-corrected chi connectivity index (χ4v) is 2.49. The normalized spacial score (nSPS) is 16.4. The molecule has 104 valence electrons. The summed E-state index contributed by atoms with van der Waals surface area (Å²) in [6.45, 7) is 1.95. The number of benzene rings is 1. The number of aromatic nitrogens is 1. The lowest BCUT2D eigenvalue weighted by atomic mass is 10.2. The van der Waals surface area contributed by atoms with E-state index < -0.39 is 0 Å². The van der Waals surface area contributed by atoms with Gasteiger partial charge in [-0.15, -0.1) is 0 Å². The van der Waals surface area contributed by atoms with E-state index in [1.54, 1.807) is 18.5 Å². The second-order valence-corrected chi connectivity index (χ2v) is 5.09. The van der Waals surface area contributed by atoms with Crippen molar-refractivity contribution in [1.29, 1.82) is 0 Å². The maximum Gasteiger partial charge on any atom is 0.281 e. The minimum Gasteiger partial charge on any atom is -0.327 e. The van der Waals surface area contributed by atoms with E-state index in [0.29, 0.717) is 10.8 Å². The monoisotopic (exact) mass is 295 g/mol. The van der Waals surface area contributed by atoms with E-state index in [-0.39, 0.29) is 5.91 Å². The van der Waals surface area contributed by atoms with Gasteiger partial charge in [-0.3, -0.25) is 14.7 Å². The van der Waals surface area contributed by atoms with Gasteiger partial charge in [-0.1, -0.05) is 24.3 Å². The van der Waals surface area contributed by atoms with E-state index in [0.717, 1.165) is 16.8 Å². The minimum absolute atomic E-state index is 0.154. The highest BCUT2D eigenvalue weighted by Crippen LogP contribution is 2.25. The highest BCUT2D eigenvalue weighted by atomic mass is 32.1. The minimum atomic E-state index is -0.154. The smallest absolute Gasteiger partial charge is 0.281 e. The van der Waals surface area contributed by atoms with E-state index in [9.17, 15) is 4.79 Å². The number of thiocarbonyl (C=S) groups is 1. The molecule has 0 atom stereocenters. The van der Waals surface area contributed by atoms with Crippen molar-refractivity contribution in [2.45, 2.75) is 6.92 Å². The standard InChI is InChI=1S/C16H13N3OS/c1-11-5-2-3-7-14(11)19-15(20)13(18-16(19)21)9-12-6-4-8-17-10-12/h2-10H,1H3,(H,18,21)/b13-9+. The third-order valence-electron chi connectivity index (χ3n) is 3.23. The van der Waals surface area contributed by atoms with Gasteiger partial charge in [0.25, 0.3) is 5.91 Å². The molecule has 1 fully saturated rings. The molecule has 0 bridgehead atoms. The van der Waals surface area contributed by atoms with Crippen molar-refractivity contribution in [3.05, 3.63) is 65.6 Å². The molecule has 0 radical (unpaired) electrons. The van der Waals surface area contributed by atoms with Crippen molar-refractivity contribution >= 4 is 35.0 Å². The van der Waals surface area contributed by atoms with Gasteiger partial charge in [-0.2, -0.15) is 0 Å². The van der Waals surface area contributed by atoms with Gasteiger partial charge in [0, 0.05) is 12.4 Å². The number of para-hydroxylation sites is 1. The van der Waals surface area contributed by atoms with Crippen molar-refractivity contribution in [2.75, 3.05) is 4.90 Å². The molecule has 0 spiro atoms. The number of anilines is 1. The van der Waals surface area contributed by atoms with E-state index in [1.807, 2.05) is 43.3 Å². The number of hydrogen-bond acceptors (Lipinski definition) is 3. The fourth-order valence-electron chi connectivity index (χ4n) is 2.20. The summed E-state index contributed by atoms with van der Waals surface area (Å²) in [4.78, 5) is 18.1. The van der Waals surface area contributed by atoms with E-state index in [4.69, 9.17) is 12.2 Å². The molecule has 5 heteroatoms. The zero-order valence-corrected chi connectivity index (χ0v) is 12.2. The van der Waals surface area contributed by atoms with Gasteiger partial charge in [-0.05, 0) is 48.5 Å². The molecule has 1 amide bonds. The molecule has 1 aromatic heterocycles. The maximum absolute atomic E-state index is 12.6. The Hall–Kier alpha value is -2.53. The summed E-state index contributed by atoms with van der Waals surface area (Å²) >= 11 is 5.29. The Kier molecular flexibility index (Phi) is 3.50. The highest BCUT2D eigenvalue weighted by Gasteiger charge is 2.32. The van der Waals surface area contributed by atoms with Crippen molar-refractivity contribution in [3.63, 3.8) is 0 Å². The predicted molar refractivity (Wildman–Crippen MR) is 86.6 cm³/mol. The average Bonchev–Trinajstić information content (AvgIpc) is 2.76. The molecule has 21 heavy (non-hydrogen) atoms. The number of pyridine rings is 1. The molecule has 1 aliphatic heterocycles. The van der Waals surface area contributed by atoms with Crippen LogP contribution in [0.1, 0.15) is 11.1 Å². The second-order valence-electron chi connectivity index (χ2n) is 4.70. The molecule has 0 saturated carbocycles. The van der Waals surface area contributed by atoms with Crippen molar-refractivity contribution in [3.8, 4) is 0 Å². The Balaban J connectivity index is 1.97. The summed E-state index contributed by atoms with van der Waals surface area (Å²) in [5, 5.41) is 3.36. The molecular formula is C16H13N3OS. The Morgan fingerprint density at radius 2 is 2.05 bits per heavy atom. The Morgan fingerprint density at radius 3 is 2.76 bits per heavy atom. The number of aryl methyl sites for hydroxylation is 1. The second kappa shape index (κ2) is 5.46. The van der Waals surface area contributed by atoms with Crippen LogP contribution in [0.3, 0.4) is 0 Å². The van der Waals surface area contributed by atoms with Crippen LogP contribution < -0.4 is 10.2 Å². The van der Waals surface area contributed by atoms with Crippen LogP contribution in [-0.4, -0.2) is 16.0 Å². The summed E-state index contributed by atoms with van der Waals surface area (Å²) in [7, 11) is 0. The number of nitrogens with one attached hydrogen (secondary N) is 1. The lowest BCUT2D eigenvalue weighted by molar-refractivity contribution is -0.113. The molecule has 1 aromatic carbocycles. The number of amides is 1. The maximum atomic E-state index is 12.6. The van der Waals surface area contributed by atoms with Crippen LogP contribution >= 0.6 is 12.2 Å². The number of hydrogen-bond donors (Lipinski definition) is 1. The largest absolute Gasteiger partial charge is 0.327 e. The topological polar surface area (TPSA) is 45.2 Å². The van der Waals surface area contributed by atoms with Crippen molar-refractivity contribution < 1.29 is 4.79 Å². The summed E-state index contributed by atoms with van der Waals surface area (Å²) in [6.07, 6.45) is 5.14. The average molecular weight is 295 g/mol. The van der Waals surface area contributed by atoms with E-state index in [1.165, 1.54) is 4.90 Å². The first-order valence-electron chi connectivity index (χ1n) is 6.49. The van der Waals surface area contributed by atoms with Gasteiger partial charge in [0.15, 0.2) is 5.11 Å². The van der Waals surface area contributed by atoms with Crippen LogP contribution in [0, 0.1) is 6.92 Å². The molecular weight excluding hydrogens is 282 g/mol. The predicted octanol–water partition coefficient (Wildman–Crippen LogP) is 2.65. The van der Waals surface area contributed by atoms with Crippen LogP contribution in [0.15, 0.2) is 54.5 Å². The SMILES string of the molecule is Cc1ccccc1N1C(=O)/C(=C\c2cccnc2)NC1=S. The van der Waals surface area contributed by atoms with Gasteiger partial charge in [-0.25, -0.2) is 0 Å². The molecule has 0 aliphatic carbocycles. The first-order valence-corrected chi connectivity index (χ1v) is 6.90. The molecule has 2 heterocycles. The number of carbonyl (C=O) groups excluding carboxylic acids is 1. The van der Waals surface area contributed by atoms with Gasteiger partial charge in [0.2, 0.25) is 0 Å². The Morgan fingerprint density at radius 1 is 1.24 bits per heavy atom. The molecule has 3 rings (SSSR count). The lowest BCUT2D eigenvalue weighted by Gasteiger charge is -2.16. The van der Waals surface area contributed by atoms with Crippen LogP contribution in [0.5, 0.6) is 0 Å². The Labute approximate surface area is 128 Å². The van der Waals surface area contributed by atoms with Gasteiger partial charge in [0.1, 0.15) is 5.70 Å². The molecule has 1 N–H and O–H groups in total. The molecule has 1 saturated heterocycles. The van der Waals surface area contributed by atoms with Crippen LogP contribution in [0.25, 0.3) is 6.08 Å². The lowest BCUT2D eigenvalue weighted by Crippen LogP contribution is -2.30. The van der Waals surface area contributed by atoms with Crippen molar-refractivity contribution in [2.24, 2.45) is 0 Å². The van der Waals surface area contributed by atoms with Crippen molar-refractivity contribution in [1.82, 2.24) is 10.3 Å². The third kappa shape index (κ3) is 2.55. The zero-order chi connectivity index (χ0) is 14.8. The first kappa shape index (κ1) is 13.5. The number of nitrogens with zero attached hydrogens (tertiary/aromatic N) is 2. The molecule has 2 aromatic rings. The first-order chi connectivity index (χ1) is 10.2. The number of carbonyl (C=O) groups is 1. The third-order valence-corrected chi connectivity index (χ3v) is 3.51. The van der Waals surface area contributed by atoms with E-state index in [2.05, 4.69) is 10.3 Å². The summed E-state index contributed by atoms with van der Waals surface area (Å²) < 4.78 is 0. The van der Waals surface area contributed by atoms with Gasteiger partial charge in [0.05, 0.1) is 5.69 Å². The zero-order valence-electron chi connectivity index (χ0n) is 11.4. The van der Waals surface area contributed by atoms with Crippen LogP contribution in [-0.2, 0) is 4.79 Å². The summed E-state index contributed by atoms with van der Waals surface area (Å²) in [5.41, 5.74) is 3.10. The Bertz CT molecular complexity index is 740. The highest BCUT2D eigenvalue weighted by molar-refractivity contribution is 7.80. The molecule has 0 unspecified atom stereocenters. The quantitative estimate of drug-likeness (QED) is 0.683. The summed E-state index contributed by atoms with van der Waals surface area (Å²) in [6, 6.07) is 11.4. The van der Waals surface area contributed by atoms with Gasteiger partial charge < -0.3 is 5.32 Å². The summed E-state index contributed by atoms with van der Waals surface area (Å²) in [5.74, 6) is -0.154. The van der Waals surface area contributed by atoms with E-state index >= 15 is 0 Å². The fraction of sp³-hybridized carbons (Fsp3) is 0.0625. The molecule has 4 nitrogen and oxygen atoms in total. The molecule has 1 aliphatic rings. The van der Waals surface area contributed by atoms with Crippen LogP contribution in [0.2, 0.25) is 0 Å². The van der Waals surface area contributed by atoms with Gasteiger partial charge >= 0.3 is 0 Å². The number of rotatable bonds is 2. The van der Waals surface area contributed by atoms with Crippen LogP contribution in [0.4, 0.5) is 5.69 Å².